The van der Waals surface area contributed by atoms with E-state index in [4.69, 9.17) is 20.0 Å². The number of aromatic nitrogens is 1. The van der Waals surface area contributed by atoms with Crippen LogP contribution in [-0.4, -0.2) is 119 Å². The van der Waals surface area contributed by atoms with E-state index in [2.05, 4.69) is 29.5 Å². The minimum absolute atomic E-state index is 0.0231. The average Bonchev–Trinajstić information content (AvgIpc) is 3.71. The number of amides is 5. The van der Waals surface area contributed by atoms with Crippen molar-refractivity contribution in [2.24, 2.45) is 35.3 Å². The molecule has 0 bridgehead atoms. The van der Waals surface area contributed by atoms with E-state index in [1.807, 2.05) is 69.9 Å². The van der Waals surface area contributed by atoms with Crippen molar-refractivity contribution in [3.63, 3.8) is 0 Å². The summed E-state index contributed by atoms with van der Waals surface area (Å²) < 4.78 is 10.8. The van der Waals surface area contributed by atoms with E-state index >= 15 is 0 Å². The number of carbonyl (C=O) groups excluding carboxylic acids is 5. The molecule has 1 aliphatic heterocycles. The quantitative estimate of drug-likeness (QED) is 0.108. The van der Waals surface area contributed by atoms with E-state index in [1.165, 1.54) is 17.3 Å². The Hall–Kier alpha value is -4.80. The second-order valence-electron chi connectivity index (χ2n) is 17.4. The molecule has 0 saturated carbocycles. The smallest absolute Gasteiger partial charge is 0.405 e. The molecule has 1 aliphatic rings. The van der Waals surface area contributed by atoms with E-state index in [-0.39, 0.29) is 71.5 Å². The van der Waals surface area contributed by atoms with Crippen molar-refractivity contribution in [3.05, 3.63) is 54.2 Å². The number of likely N-dealkylation sites (N-methyl/N-ethyl adjacent to an activating group) is 2. The second kappa shape index (κ2) is 24.2. The third-order valence-corrected chi connectivity index (χ3v) is 12.3. The number of likely N-dealkylation sites (tertiary alicyclic amines) is 1. The summed E-state index contributed by atoms with van der Waals surface area (Å²) >= 11 is 0. The van der Waals surface area contributed by atoms with Crippen LogP contribution in [0, 0.1) is 29.6 Å². The van der Waals surface area contributed by atoms with E-state index in [9.17, 15) is 29.1 Å². The molecule has 0 spiro atoms. The molecular weight excluding hydrogens is 795 g/mol. The van der Waals surface area contributed by atoms with E-state index in [0.29, 0.717) is 24.9 Å². The van der Waals surface area contributed by atoms with E-state index in [0.717, 1.165) is 12.8 Å². The van der Waals surface area contributed by atoms with Crippen molar-refractivity contribution in [3.8, 4) is 11.6 Å². The standard InChI is InChI=1S/C46H73N7O9/c1-13-29(7)40(51(10)45(58)38(27(3)4)50-44(57)39(28(5)6)52(11)62-34-22-23-48-36(26-34)61-46(47)59)32(14-2)25-37(54)53-24-18-21-35(53)42(60-12)30(8)43(56)49-31(9)41(55)33-19-16-15-17-20-33/h15-17,19-20,22-23,26-32,35,38-42,55H,13-14,18,21,24-25H2,1-12H3,(H2,47,59)(H,49,56)(H,50,57)/t29-,30+,31+,32+,35-,38-,39-,40-,41+,42+/m0/s1. The van der Waals surface area contributed by atoms with Gasteiger partial charge in [0.25, 0.3) is 0 Å². The molecule has 5 amide bonds. The maximum Gasteiger partial charge on any atom is 0.411 e. The van der Waals surface area contributed by atoms with Crippen LogP contribution in [-0.2, 0) is 23.9 Å². The number of aliphatic hydroxyl groups is 1. The zero-order valence-electron chi connectivity index (χ0n) is 38.9. The SMILES string of the molecule is CC[C@H](CC(=O)N1CCC[C@H]1[C@H](OC)[C@@H](C)C(=O)N[C@H](C)[C@@H](O)c1ccccc1)[C@H]([C@@H](C)CC)N(C)C(=O)[C@@H](NC(=O)[C@H](C(C)C)N(C)Oc1ccnc(OC(N)=O)c1)C(C)C. The number of methoxy groups -OCH3 is 1. The normalized spacial score (nSPS) is 18.5. The molecule has 1 aromatic carbocycles. The average molecular weight is 868 g/mol. The van der Waals surface area contributed by atoms with Gasteiger partial charge in [0, 0.05) is 58.5 Å². The summed E-state index contributed by atoms with van der Waals surface area (Å²) in [4.78, 5) is 81.3. The molecule has 0 aliphatic carbocycles. The van der Waals surface area contributed by atoms with Crippen LogP contribution in [0.1, 0.15) is 106 Å². The fourth-order valence-electron chi connectivity index (χ4n) is 8.75. The third kappa shape index (κ3) is 13.6. The van der Waals surface area contributed by atoms with Crippen LogP contribution < -0.4 is 25.9 Å². The number of hydrogen-bond donors (Lipinski definition) is 4. The van der Waals surface area contributed by atoms with Crippen molar-refractivity contribution in [1.82, 2.24) is 30.5 Å². The first-order chi connectivity index (χ1) is 29.3. The molecule has 62 heavy (non-hydrogen) atoms. The predicted octanol–water partition coefficient (Wildman–Crippen LogP) is 5.10. The molecule has 3 rings (SSSR count). The fourth-order valence-corrected chi connectivity index (χ4v) is 8.75. The van der Waals surface area contributed by atoms with Crippen molar-refractivity contribution in [1.29, 1.82) is 0 Å². The highest BCUT2D eigenvalue weighted by Crippen LogP contribution is 2.32. The zero-order chi connectivity index (χ0) is 46.4. The first kappa shape index (κ1) is 51.5. The van der Waals surface area contributed by atoms with Gasteiger partial charge in [-0.25, -0.2) is 9.78 Å². The second-order valence-corrected chi connectivity index (χ2v) is 17.4. The van der Waals surface area contributed by atoms with Gasteiger partial charge < -0.3 is 45.6 Å². The first-order valence-electron chi connectivity index (χ1n) is 22.0. The van der Waals surface area contributed by atoms with Crippen LogP contribution in [0.25, 0.3) is 0 Å². The molecule has 5 N–H and O–H groups in total. The highest BCUT2D eigenvalue weighted by molar-refractivity contribution is 5.90. The maximum absolute atomic E-state index is 14.6. The lowest BCUT2D eigenvalue weighted by Gasteiger charge is -2.41. The number of primary amides is 1. The zero-order valence-corrected chi connectivity index (χ0v) is 38.9. The van der Waals surface area contributed by atoms with Gasteiger partial charge in [0.05, 0.1) is 30.2 Å². The highest BCUT2D eigenvalue weighted by Gasteiger charge is 2.43. The monoisotopic (exact) mass is 868 g/mol. The molecule has 0 radical (unpaired) electrons. The highest BCUT2D eigenvalue weighted by atomic mass is 16.7. The summed E-state index contributed by atoms with van der Waals surface area (Å²) in [5.74, 6) is -2.12. The van der Waals surface area contributed by atoms with Crippen LogP contribution in [0.4, 0.5) is 4.79 Å². The Morgan fingerprint density at radius 2 is 1.60 bits per heavy atom. The van der Waals surface area contributed by atoms with Gasteiger partial charge in [-0.15, -0.1) is 5.06 Å². The van der Waals surface area contributed by atoms with Gasteiger partial charge in [-0.1, -0.05) is 98.6 Å². The minimum Gasteiger partial charge on any atom is -0.405 e. The van der Waals surface area contributed by atoms with Crippen molar-refractivity contribution >= 4 is 29.7 Å². The number of aliphatic hydroxyl groups excluding tert-OH is 1. The fraction of sp³-hybridized carbons (Fsp3) is 0.652. The lowest BCUT2D eigenvalue weighted by molar-refractivity contribution is -0.150. The molecule has 1 aromatic heterocycles. The Kier molecular flexibility index (Phi) is 20.1. The maximum atomic E-state index is 14.6. The van der Waals surface area contributed by atoms with Crippen molar-refractivity contribution in [2.45, 2.75) is 137 Å². The van der Waals surface area contributed by atoms with Gasteiger partial charge in [0.2, 0.25) is 29.5 Å². The Morgan fingerprint density at radius 3 is 2.16 bits per heavy atom. The van der Waals surface area contributed by atoms with Gasteiger partial charge >= 0.3 is 6.09 Å². The minimum atomic E-state index is -1.03. The summed E-state index contributed by atoms with van der Waals surface area (Å²) in [5.41, 5.74) is 5.83. The number of ether oxygens (including phenoxy) is 2. The van der Waals surface area contributed by atoms with E-state index in [1.54, 1.807) is 46.0 Å². The van der Waals surface area contributed by atoms with Crippen LogP contribution in [0.2, 0.25) is 0 Å². The number of rotatable bonds is 23. The Labute approximate surface area is 368 Å². The summed E-state index contributed by atoms with van der Waals surface area (Å²) in [6, 6.07) is 9.17. The molecule has 2 heterocycles. The van der Waals surface area contributed by atoms with E-state index < -0.39 is 48.3 Å². The number of nitrogens with zero attached hydrogens (tertiary/aromatic N) is 4. The van der Waals surface area contributed by atoms with Gasteiger partial charge in [-0.2, -0.15) is 0 Å². The third-order valence-electron chi connectivity index (χ3n) is 12.3. The molecule has 346 valence electrons. The summed E-state index contributed by atoms with van der Waals surface area (Å²) in [7, 11) is 4.92. The Bertz CT molecular complexity index is 1760. The topological polar surface area (TPSA) is 206 Å². The molecule has 10 atom stereocenters. The Balaban J connectivity index is 1.77. The molecule has 1 fully saturated rings. The van der Waals surface area contributed by atoms with Gasteiger partial charge in [0.1, 0.15) is 12.1 Å². The van der Waals surface area contributed by atoms with Gasteiger partial charge in [-0.05, 0) is 49.0 Å². The lowest BCUT2D eigenvalue weighted by Crippen LogP contribution is -2.59. The summed E-state index contributed by atoms with van der Waals surface area (Å²) in [5, 5.41) is 18.3. The molecule has 0 unspecified atom stereocenters. The first-order valence-corrected chi connectivity index (χ1v) is 22.0. The lowest BCUT2D eigenvalue weighted by atomic mass is 9.82. The molecule has 16 heteroatoms. The summed E-state index contributed by atoms with van der Waals surface area (Å²) in [6.45, 7) is 17.7. The van der Waals surface area contributed by atoms with Crippen LogP contribution in [0.15, 0.2) is 48.7 Å². The van der Waals surface area contributed by atoms with Crippen molar-refractivity contribution in [2.75, 3.05) is 27.7 Å². The van der Waals surface area contributed by atoms with Crippen LogP contribution in [0.5, 0.6) is 11.6 Å². The van der Waals surface area contributed by atoms with Crippen molar-refractivity contribution < 1.29 is 43.4 Å². The number of benzene rings is 1. The predicted molar refractivity (Wildman–Crippen MR) is 236 cm³/mol. The number of pyridine rings is 1. The number of hydrogen-bond acceptors (Lipinski definition) is 11. The molecule has 16 nitrogen and oxygen atoms in total. The largest absolute Gasteiger partial charge is 0.411 e. The number of nitrogens with one attached hydrogen (secondary N) is 2. The number of nitrogens with two attached hydrogens (primary N) is 1. The summed E-state index contributed by atoms with van der Waals surface area (Å²) in [6.07, 6.45) is 1.89. The number of hydroxylamine groups is 2. The molecular formula is C46H73N7O9. The van der Waals surface area contributed by atoms with Gasteiger partial charge in [-0.3, -0.25) is 19.2 Å². The number of carbonyl (C=O) groups is 5. The Morgan fingerprint density at radius 1 is 0.935 bits per heavy atom. The van der Waals surface area contributed by atoms with Gasteiger partial charge in [0.15, 0.2) is 5.75 Å². The van der Waals surface area contributed by atoms with Crippen LogP contribution >= 0.6 is 0 Å². The molecule has 1 saturated heterocycles. The van der Waals surface area contributed by atoms with Crippen LogP contribution in [0.3, 0.4) is 0 Å². The molecule has 2 aromatic rings.